The number of rotatable bonds is 2. The molecule has 4 atom stereocenters. The molecule has 3 rings (SSSR count). The molecule has 1 heterocycles. The summed E-state index contributed by atoms with van der Waals surface area (Å²) in [6.45, 7) is 7.06. The van der Waals surface area contributed by atoms with Gasteiger partial charge in [0.15, 0.2) is 0 Å². The van der Waals surface area contributed by atoms with E-state index in [0.717, 1.165) is 18.8 Å². The van der Waals surface area contributed by atoms with Crippen LogP contribution in [0.25, 0.3) is 0 Å². The van der Waals surface area contributed by atoms with Crippen molar-refractivity contribution in [1.29, 1.82) is 0 Å². The van der Waals surface area contributed by atoms with Crippen molar-refractivity contribution in [2.45, 2.75) is 103 Å². The van der Waals surface area contributed by atoms with Crippen molar-refractivity contribution in [1.82, 2.24) is 0 Å². The van der Waals surface area contributed by atoms with Gasteiger partial charge in [-0.3, -0.25) is 0 Å². The Morgan fingerprint density at radius 1 is 1.05 bits per heavy atom. The van der Waals surface area contributed by atoms with Gasteiger partial charge in [0.2, 0.25) is 0 Å². The second kappa shape index (κ2) is 5.85. The van der Waals surface area contributed by atoms with Crippen LogP contribution in [-0.2, 0) is 4.74 Å². The van der Waals surface area contributed by atoms with E-state index in [1.807, 2.05) is 0 Å². The lowest BCUT2D eigenvalue weighted by molar-refractivity contribution is -0.0635. The summed E-state index contributed by atoms with van der Waals surface area (Å²) in [5, 5.41) is 10.4. The Hall–Kier alpha value is -0.0800. The minimum atomic E-state index is -0.0904. The van der Waals surface area contributed by atoms with Gasteiger partial charge in [0.1, 0.15) is 0 Å². The molecule has 0 bridgehead atoms. The number of aliphatic hydroxyl groups excluding tert-OH is 1. The molecule has 0 radical (unpaired) electrons. The van der Waals surface area contributed by atoms with Gasteiger partial charge in [0, 0.05) is 0 Å². The lowest BCUT2D eigenvalue weighted by atomic mass is 9.67. The predicted octanol–water partition coefficient (Wildman–Crippen LogP) is 4.69. The summed E-state index contributed by atoms with van der Waals surface area (Å²) in [4.78, 5) is 0. The van der Waals surface area contributed by atoms with E-state index in [9.17, 15) is 5.11 Å². The van der Waals surface area contributed by atoms with E-state index >= 15 is 0 Å². The minimum Gasteiger partial charge on any atom is -0.393 e. The Kier molecular flexibility index (Phi) is 4.40. The largest absolute Gasteiger partial charge is 0.393 e. The fraction of sp³-hybridized carbons (Fsp3) is 1.00. The maximum absolute atomic E-state index is 10.4. The maximum Gasteiger partial charge on any atom is 0.0687 e. The first-order valence-corrected chi connectivity index (χ1v) is 9.24. The topological polar surface area (TPSA) is 29.5 Å². The summed E-state index contributed by atoms with van der Waals surface area (Å²) >= 11 is 0. The van der Waals surface area contributed by atoms with Crippen molar-refractivity contribution in [3.8, 4) is 0 Å². The molecule has 2 aliphatic carbocycles. The molecule has 3 fully saturated rings. The molecule has 122 valence electrons. The van der Waals surface area contributed by atoms with Gasteiger partial charge in [0.05, 0.1) is 17.8 Å². The fourth-order valence-corrected chi connectivity index (χ4v) is 5.07. The summed E-state index contributed by atoms with van der Waals surface area (Å²) in [5.41, 5.74) is 0.620. The van der Waals surface area contributed by atoms with E-state index in [0.29, 0.717) is 17.4 Å². The van der Waals surface area contributed by atoms with Gasteiger partial charge in [-0.2, -0.15) is 0 Å². The first-order chi connectivity index (χ1) is 9.88. The average Bonchev–Trinajstić information content (AvgIpc) is 3.02. The molecular formula is C19H34O2. The van der Waals surface area contributed by atoms with Crippen molar-refractivity contribution < 1.29 is 9.84 Å². The van der Waals surface area contributed by atoms with Crippen LogP contribution in [0.1, 0.15) is 85.0 Å². The monoisotopic (exact) mass is 294 g/mol. The van der Waals surface area contributed by atoms with Gasteiger partial charge in [-0.25, -0.2) is 0 Å². The van der Waals surface area contributed by atoms with Crippen molar-refractivity contribution in [3.05, 3.63) is 0 Å². The number of aliphatic hydroxyl groups is 1. The minimum absolute atomic E-state index is 0.0904. The molecule has 0 aromatic rings. The van der Waals surface area contributed by atoms with Gasteiger partial charge < -0.3 is 9.84 Å². The smallest absolute Gasteiger partial charge is 0.0687 e. The van der Waals surface area contributed by atoms with E-state index in [-0.39, 0.29) is 11.7 Å². The predicted molar refractivity (Wildman–Crippen MR) is 86.2 cm³/mol. The normalized spacial score (nSPS) is 40.0. The van der Waals surface area contributed by atoms with Gasteiger partial charge in [0.25, 0.3) is 0 Å². The Labute approximate surface area is 130 Å². The average molecular weight is 294 g/mol. The van der Waals surface area contributed by atoms with Gasteiger partial charge in [-0.1, -0.05) is 33.6 Å². The molecule has 21 heavy (non-hydrogen) atoms. The van der Waals surface area contributed by atoms with Crippen LogP contribution in [0.4, 0.5) is 0 Å². The molecule has 0 aromatic heterocycles. The van der Waals surface area contributed by atoms with E-state index < -0.39 is 0 Å². The first kappa shape index (κ1) is 15.8. The zero-order valence-electron chi connectivity index (χ0n) is 14.2. The molecule has 2 saturated carbocycles. The molecule has 0 amide bonds. The highest BCUT2D eigenvalue weighted by atomic mass is 16.5. The molecule has 3 aliphatic rings. The highest BCUT2D eigenvalue weighted by Crippen LogP contribution is 2.47. The van der Waals surface area contributed by atoms with Crippen LogP contribution in [0, 0.1) is 17.3 Å². The Balaban J connectivity index is 1.56. The van der Waals surface area contributed by atoms with Crippen LogP contribution in [0.5, 0.6) is 0 Å². The highest BCUT2D eigenvalue weighted by Gasteiger charge is 2.44. The van der Waals surface area contributed by atoms with E-state index in [4.69, 9.17) is 4.74 Å². The Bertz CT molecular complexity index is 351. The zero-order valence-corrected chi connectivity index (χ0v) is 14.2. The molecule has 1 N–H and O–H groups in total. The van der Waals surface area contributed by atoms with E-state index in [2.05, 4.69) is 20.8 Å². The van der Waals surface area contributed by atoms with Gasteiger partial charge in [-0.05, 0) is 68.6 Å². The molecule has 4 unspecified atom stereocenters. The standard InChI is InChI=1S/C19H34O2/c1-18(2,3)15-6-7-17(20)14(12-15)13-16-8-11-19(21-16)9-4-5-10-19/h14-17,20H,4-13H2,1-3H3. The summed E-state index contributed by atoms with van der Waals surface area (Å²) < 4.78 is 6.47. The zero-order chi connectivity index (χ0) is 15.1. The van der Waals surface area contributed by atoms with Crippen molar-refractivity contribution >= 4 is 0 Å². The summed E-state index contributed by atoms with van der Waals surface area (Å²) in [7, 11) is 0. The SMILES string of the molecule is CC(C)(C)C1CCC(O)C(CC2CCC3(CCCC3)O2)C1. The Morgan fingerprint density at radius 2 is 1.76 bits per heavy atom. The summed E-state index contributed by atoms with van der Waals surface area (Å²) in [6.07, 6.45) is 12.5. The quantitative estimate of drug-likeness (QED) is 0.800. The van der Waals surface area contributed by atoms with Gasteiger partial charge in [-0.15, -0.1) is 0 Å². The van der Waals surface area contributed by atoms with Crippen LogP contribution in [0.3, 0.4) is 0 Å². The number of ether oxygens (including phenoxy) is 1. The molecule has 2 nitrogen and oxygen atoms in total. The molecule has 1 saturated heterocycles. The second-order valence-corrected chi connectivity index (χ2v) is 9.11. The third-order valence-corrected chi connectivity index (χ3v) is 6.59. The van der Waals surface area contributed by atoms with Crippen molar-refractivity contribution in [3.63, 3.8) is 0 Å². The van der Waals surface area contributed by atoms with Crippen LogP contribution in [0.2, 0.25) is 0 Å². The summed E-state index contributed by atoms with van der Waals surface area (Å²) in [5.74, 6) is 1.22. The van der Waals surface area contributed by atoms with Crippen LogP contribution >= 0.6 is 0 Å². The lowest BCUT2D eigenvalue weighted by Crippen LogP contribution is -2.36. The van der Waals surface area contributed by atoms with Gasteiger partial charge >= 0.3 is 0 Å². The fourth-order valence-electron chi connectivity index (χ4n) is 5.07. The molecule has 1 spiro atoms. The third-order valence-electron chi connectivity index (χ3n) is 6.59. The summed E-state index contributed by atoms with van der Waals surface area (Å²) in [6, 6.07) is 0. The number of hydrogen-bond acceptors (Lipinski definition) is 2. The van der Waals surface area contributed by atoms with Crippen LogP contribution < -0.4 is 0 Å². The van der Waals surface area contributed by atoms with Crippen LogP contribution in [0.15, 0.2) is 0 Å². The van der Waals surface area contributed by atoms with E-state index in [1.165, 1.54) is 51.4 Å². The van der Waals surface area contributed by atoms with Crippen LogP contribution in [-0.4, -0.2) is 22.9 Å². The second-order valence-electron chi connectivity index (χ2n) is 9.11. The van der Waals surface area contributed by atoms with Crippen molar-refractivity contribution in [2.75, 3.05) is 0 Å². The molecule has 1 aliphatic heterocycles. The number of hydrogen-bond donors (Lipinski definition) is 1. The molecule has 2 heteroatoms. The Morgan fingerprint density at radius 3 is 2.43 bits per heavy atom. The van der Waals surface area contributed by atoms with Crippen molar-refractivity contribution in [2.24, 2.45) is 17.3 Å². The highest BCUT2D eigenvalue weighted by molar-refractivity contribution is 4.94. The lowest BCUT2D eigenvalue weighted by Gasteiger charge is -2.41. The first-order valence-electron chi connectivity index (χ1n) is 9.24. The molecular weight excluding hydrogens is 260 g/mol. The molecule has 0 aromatic carbocycles. The third kappa shape index (κ3) is 3.47. The maximum atomic E-state index is 10.4. The van der Waals surface area contributed by atoms with E-state index in [1.54, 1.807) is 0 Å².